The number of aromatic amines is 2. The van der Waals surface area contributed by atoms with E-state index in [1.165, 1.54) is 4.57 Å². The molecule has 3 N–H and O–H groups in total. The first-order valence-electron chi connectivity index (χ1n) is 10.3. The van der Waals surface area contributed by atoms with E-state index in [1.807, 2.05) is 31.2 Å². The van der Waals surface area contributed by atoms with Crippen LogP contribution >= 0.6 is 23.4 Å². The van der Waals surface area contributed by atoms with Gasteiger partial charge in [0, 0.05) is 10.7 Å². The number of hydrogen-bond donors (Lipinski definition) is 3. The first kappa shape index (κ1) is 22.0. The van der Waals surface area contributed by atoms with Crippen molar-refractivity contribution >= 4 is 56.9 Å². The number of amides is 1. The largest absolute Gasteiger partial charge is 0.325 e. The standard InChI is InChI=1S/C24H18ClN5O3S/c1-13-4-2-3-5-20(13)30-22(32)16-8-6-14(25)10-18(16)29-24(30)34-12-21(31)26-15-7-9-17-19(11-15)28-23(33)27-17/h2-11H,12H2,1H3,(H,26,31)(H2,27,28,33). The molecule has 0 aliphatic heterocycles. The molecule has 0 aliphatic carbocycles. The number of imidazole rings is 1. The Hall–Kier alpha value is -3.82. The summed E-state index contributed by atoms with van der Waals surface area (Å²) in [6, 6.07) is 17.5. The molecule has 0 spiro atoms. The molecule has 0 bridgehead atoms. The number of carbonyl (C=O) groups excluding carboxylic acids is 1. The van der Waals surface area contributed by atoms with E-state index in [4.69, 9.17) is 11.6 Å². The molecule has 5 aromatic rings. The topological polar surface area (TPSA) is 113 Å². The van der Waals surface area contributed by atoms with Gasteiger partial charge in [-0.2, -0.15) is 0 Å². The molecule has 10 heteroatoms. The molecule has 1 amide bonds. The van der Waals surface area contributed by atoms with Crippen molar-refractivity contribution in [2.24, 2.45) is 0 Å². The summed E-state index contributed by atoms with van der Waals surface area (Å²) in [5.74, 6) is -0.259. The molecule has 5 rings (SSSR count). The molecule has 0 saturated carbocycles. The molecule has 8 nitrogen and oxygen atoms in total. The quantitative estimate of drug-likeness (QED) is 0.251. The number of benzene rings is 3. The van der Waals surface area contributed by atoms with Gasteiger partial charge in [0.25, 0.3) is 5.56 Å². The van der Waals surface area contributed by atoms with Gasteiger partial charge in [-0.15, -0.1) is 0 Å². The van der Waals surface area contributed by atoms with E-state index >= 15 is 0 Å². The zero-order chi connectivity index (χ0) is 23.8. The van der Waals surface area contributed by atoms with Gasteiger partial charge in [0.2, 0.25) is 5.91 Å². The minimum absolute atomic E-state index is 0.0199. The van der Waals surface area contributed by atoms with Gasteiger partial charge in [-0.3, -0.25) is 14.2 Å². The van der Waals surface area contributed by atoms with Gasteiger partial charge in [-0.05, 0) is 55.0 Å². The first-order chi connectivity index (χ1) is 16.4. The summed E-state index contributed by atoms with van der Waals surface area (Å²) >= 11 is 7.28. The summed E-state index contributed by atoms with van der Waals surface area (Å²) in [4.78, 5) is 47.5. The summed E-state index contributed by atoms with van der Waals surface area (Å²) < 4.78 is 1.53. The van der Waals surface area contributed by atoms with E-state index in [9.17, 15) is 14.4 Å². The summed E-state index contributed by atoms with van der Waals surface area (Å²) in [6.07, 6.45) is 0. The van der Waals surface area contributed by atoms with Crippen molar-refractivity contribution in [2.75, 3.05) is 11.1 Å². The van der Waals surface area contributed by atoms with Gasteiger partial charge < -0.3 is 15.3 Å². The molecule has 0 fully saturated rings. The van der Waals surface area contributed by atoms with Crippen LogP contribution < -0.4 is 16.6 Å². The Morgan fingerprint density at radius 1 is 1.06 bits per heavy atom. The molecule has 0 aliphatic rings. The Balaban J connectivity index is 1.47. The lowest BCUT2D eigenvalue weighted by molar-refractivity contribution is -0.113. The van der Waals surface area contributed by atoms with Crippen LogP contribution in [0, 0.1) is 6.92 Å². The number of halogens is 1. The molecule has 2 aromatic heterocycles. The molecule has 0 saturated heterocycles. The van der Waals surface area contributed by atoms with Crippen molar-refractivity contribution in [2.45, 2.75) is 12.1 Å². The lowest BCUT2D eigenvalue weighted by Crippen LogP contribution is -2.23. The summed E-state index contributed by atoms with van der Waals surface area (Å²) in [6.45, 7) is 1.91. The van der Waals surface area contributed by atoms with Crippen molar-refractivity contribution in [1.82, 2.24) is 19.5 Å². The number of hydrogen-bond acceptors (Lipinski definition) is 5. The van der Waals surface area contributed by atoms with Crippen molar-refractivity contribution in [3.8, 4) is 5.69 Å². The van der Waals surface area contributed by atoms with Crippen LogP contribution in [0.1, 0.15) is 5.56 Å². The van der Waals surface area contributed by atoms with Crippen LogP contribution in [0.2, 0.25) is 5.02 Å². The molecular weight excluding hydrogens is 474 g/mol. The average Bonchev–Trinajstić information content (AvgIpc) is 3.17. The highest BCUT2D eigenvalue weighted by atomic mass is 35.5. The highest BCUT2D eigenvalue weighted by molar-refractivity contribution is 7.99. The average molecular weight is 492 g/mol. The Bertz CT molecular complexity index is 1690. The van der Waals surface area contributed by atoms with Crippen LogP contribution in [0.4, 0.5) is 5.69 Å². The number of aryl methyl sites for hydroxylation is 1. The van der Waals surface area contributed by atoms with Crippen LogP contribution in [0.5, 0.6) is 0 Å². The number of carbonyl (C=O) groups is 1. The molecule has 0 atom stereocenters. The van der Waals surface area contributed by atoms with Crippen LogP contribution in [-0.2, 0) is 4.79 Å². The summed E-state index contributed by atoms with van der Waals surface area (Å²) in [7, 11) is 0. The normalized spacial score (nSPS) is 11.2. The zero-order valence-electron chi connectivity index (χ0n) is 17.9. The zero-order valence-corrected chi connectivity index (χ0v) is 19.5. The van der Waals surface area contributed by atoms with Crippen molar-refractivity contribution < 1.29 is 4.79 Å². The fraction of sp³-hybridized carbons (Fsp3) is 0.0833. The third-order valence-corrected chi connectivity index (χ3v) is 6.46. The molecule has 0 unspecified atom stereocenters. The minimum Gasteiger partial charge on any atom is -0.325 e. The van der Waals surface area contributed by atoms with E-state index < -0.39 is 0 Å². The van der Waals surface area contributed by atoms with Crippen molar-refractivity contribution in [1.29, 1.82) is 0 Å². The SMILES string of the molecule is Cc1ccccc1-n1c(SCC(=O)Nc2ccc3[nH]c(=O)[nH]c3c2)nc2cc(Cl)ccc2c1=O. The number of H-pyrrole nitrogens is 2. The Morgan fingerprint density at radius 2 is 1.85 bits per heavy atom. The van der Waals surface area contributed by atoms with Crippen LogP contribution in [-0.4, -0.2) is 31.2 Å². The third-order valence-electron chi connectivity index (χ3n) is 5.29. The van der Waals surface area contributed by atoms with Crippen LogP contribution in [0.25, 0.3) is 27.6 Å². The second-order valence-corrected chi connectivity index (χ2v) is 9.04. The number of thioether (sulfide) groups is 1. The molecule has 3 aromatic carbocycles. The lowest BCUT2D eigenvalue weighted by atomic mass is 10.2. The Labute approximate surface area is 202 Å². The summed E-state index contributed by atoms with van der Waals surface area (Å²) in [5.41, 5.74) is 3.30. The Kier molecular flexibility index (Phi) is 5.72. The van der Waals surface area contributed by atoms with E-state index in [1.54, 1.807) is 36.4 Å². The fourth-order valence-corrected chi connectivity index (χ4v) is 4.67. The van der Waals surface area contributed by atoms with E-state index in [2.05, 4.69) is 20.3 Å². The highest BCUT2D eigenvalue weighted by Crippen LogP contribution is 2.25. The van der Waals surface area contributed by atoms with E-state index in [0.29, 0.717) is 43.5 Å². The smallest absolute Gasteiger partial charge is 0.323 e. The minimum atomic E-state index is -0.314. The van der Waals surface area contributed by atoms with Crippen LogP contribution in [0.15, 0.2) is 75.4 Å². The predicted molar refractivity (Wildman–Crippen MR) is 135 cm³/mol. The number of fused-ring (bicyclic) bond motifs is 2. The van der Waals surface area contributed by atoms with Gasteiger partial charge >= 0.3 is 5.69 Å². The highest BCUT2D eigenvalue weighted by Gasteiger charge is 2.16. The van der Waals surface area contributed by atoms with Crippen LogP contribution in [0.3, 0.4) is 0 Å². The second-order valence-electron chi connectivity index (χ2n) is 7.66. The van der Waals surface area contributed by atoms with Gasteiger partial charge in [0.1, 0.15) is 0 Å². The molecule has 2 heterocycles. The van der Waals surface area contributed by atoms with Crippen molar-refractivity contribution in [3.05, 3.63) is 92.1 Å². The number of anilines is 1. The molecule has 170 valence electrons. The number of nitrogens with zero attached hydrogens (tertiary/aromatic N) is 2. The summed E-state index contributed by atoms with van der Waals surface area (Å²) in [5, 5.41) is 4.11. The monoisotopic (exact) mass is 491 g/mol. The number of aromatic nitrogens is 4. The molecule has 34 heavy (non-hydrogen) atoms. The van der Waals surface area contributed by atoms with Gasteiger partial charge in [-0.1, -0.05) is 41.6 Å². The fourth-order valence-electron chi connectivity index (χ4n) is 3.70. The maximum atomic E-state index is 13.4. The number of para-hydroxylation sites is 1. The molecule has 0 radical (unpaired) electrons. The maximum Gasteiger partial charge on any atom is 0.323 e. The number of rotatable bonds is 5. The van der Waals surface area contributed by atoms with Gasteiger partial charge in [0.05, 0.1) is 33.4 Å². The van der Waals surface area contributed by atoms with Gasteiger partial charge in [-0.25, -0.2) is 9.78 Å². The lowest BCUT2D eigenvalue weighted by Gasteiger charge is -2.15. The molecular formula is C24H18ClN5O3S. The van der Waals surface area contributed by atoms with Crippen molar-refractivity contribution in [3.63, 3.8) is 0 Å². The first-order valence-corrected chi connectivity index (χ1v) is 11.7. The second kappa shape index (κ2) is 8.85. The van der Waals surface area contributed by atoms with Gasteiger partial charge in [0.15, 0.2) is 5.16 Å². The Morgan fingerprint density at radius 3 is 2.68 bits per heavy atom. The number of nitrogens with one attached hydrogen (secondary N) is 3. The third kappa shape index (κ3) is 4.23. The van der Waals surface area contributed by atoms with E-state index in [0.717, 1.165) is 17.3 Å². The van der Waals surface area contributed by atoms with E-state index in [-0.39, 0.29) is 22.9 Å². The predicted octanol–water partition coefficient (Wildman–Crippen LogP) is 4.25. The maximum absolute atomic E-state index is 13.4.